The summed E-state index contributed by atoms with van der Waals surface area (Å²) < 4.78 is 11.1. The van der Waals surface area contributed by atoms with E-state index in [0.29, 0.717) is 11.9 Å². The van der Waals surface area contributed by atoms with Crippen molar-refractivity contribution in [3.8, 4) is 11.3 Å². The van der Waals surface area contributed by atoms with Crippen molar-refractivity contribution < 1.29 is 8.83 Å². The van der Waals surface area contributed by atoms with Crippen LogP contribution in [0.4, 0.5) is 6.01 Å². The summed E-state index contributed by atoms with van der Waals surface area (Å²) in [6.07, 6.45) is 0. The Morgan fingerprint density at radius 2 is 1.94 bits per heavy atom. The lowest BCUT2D eigenvalue weighted by molar-refractivity contribution is 0.560. The van der Waals surface area contributed by atoms with E-state index >= 15 is 0 Å². The zero-order chi connectivity index (χ0) is 12.7. The van der Waals surface area contributed by atoms with Gasteiger partial charge in [0.1, 0.15) is 5.52 Å². The molecule has 0 aliphatic heterocycles. The van der Waals surface area contributed by atoms with Crippen LogP contribution in [0, 0.1) is 13.8 Å². The predicted octanol–water partition coefficient (Wildman–Crippen LogP) is 3.14. The second-order valence-electron chi connectivity index (χ2n) is 4.10. The molecule has 0 spiro atoms. The number of hydrogen-bond donors (Lipinski definition) is 1. The van der Waals surface area contributed by atoms with Crippen molar-refractivity contribution in [2.75, 3.05) is 12.4 Å². The van der Waals surface area contributed by atoms with Crippen LogP contribution in [0.15, 0.2) is 27.0 Å². The Bertz CT molecular complexity index is 712. The molecule has 2 heterocycles. The van der Waals surface area contributed by atoms with E-state index in [-0.39, 0.29) is 0 Å². The lowest BCUT2D eigenvalue weighted by atomic mass is 10.1. The van der Waals surface area contributed by atoms with Gasteiger partial charge < -0.3 is 14.2 Å². The number of rotatable bonds is 2. The van der Waals surface area contributed by atoms with Crippen molar-refractivity contribution >= 4 is 17.1 Å². The molecule has 0 aliphatic rings. The van der Waals surface area contributed by atoms with Crippen LogP contribution < -0.4 is 5.32 Å². The fourth-order valence-electron chi connectivity index (χ4n) is 1.95. The Hall–Kier alpha value is -2.30. The van der Waals surface area contributed by atoms with Crippen molar-refractivity contribution in [2.24, 2.45) is 0 Å². The molecule has 2 aromatic heterocycles. The third-order valence-corrected chi connectivity index (χ3v) is 2.77. The van der Waals surface area contributed by atoms with Gasteiger partial charge in [-0.25, -0.2) is 4.98 Å². The van der Waals surface area contributed by atoms with Gasteiger partial charge in [-0.05, 0) is 25.1 Å². The van der Waals surface area contributed by atoms with E-state index in [0.717, 1.165) is 28.1 Å². The summed E-state index contributed by atoms with van der Waals surface area (Å²) in [6.45, 7) is 3.74. The maximum absolute atomic E-state index is 5.62. The van der Waals surface area contributed by atoms with Gasteiger partial charge in [0.15, 0.2) is 17.2 Å². The van der Waals surface area contributed by atoms with E-state index < -0.39 is 0 Å². The Morgan fingerprint density at radius 1 is 1.11 bits per heavy atom. The minimum absolute atomic E-state index is 0.511. The highest BCUT2D eigenvalue weighted by Crippen LogP contribution is 2.29. The normalized spacial score (nSPS) is 11.1. The molecule has 1 N–H and O–H groups in total. The Labute approximate surface area is 104 Å². The third kappa shape index (κ3) is 1.64. The third-order valence-electron chi connectivity index (χ3n) is 2.77. The maximum atomic E-state index is 5.62. The molecule has 0 aliphatic carbocycles. The fourth-order valence-corrected chi connectivity index (χ4v) is 1.95. The highest BCUT2D eigenvalue weighted by molar-refractivity contribution is 5.79. The lowest BCUT2D eigenvalue weighted by Crippen LogP contribution is -1.85. The molecule has 3 rings (SSSR count). The molecule has 92 valence electrons. The van der Waals surface area contributed by atoms with E-state index in [4.69, 9.17) is 8.83 Å². The van der Waals surface area contributed by atoms with Gasteiger partial charge in [0.2, 0.25) is 0 Å². The summed E-state index contributed by atoms with van der Waals surface area (Å²) in [5.41, 5.74) is 3.38. The first-order valence-electron chi connectivity index (χ1n) is 5.70. The smallest absolute Gasteiger partial charge is 0.295 e. The summed E-state index contributed by atoms with van der Waals surface area (Å²) in [5.74, 6) is 1.41. The molecule has 1 aromatic carbocycles. The van der Waals surface area contributed by atoms with Gasteiger partial charge in [-0.3, -0.25) is 0 Å². The highest BCUT2D eigenvalue weighted by atomic mass is 16.4. The van der Waals surface area contributed by atoms with Crippen LogP contribution in [0.1, 0.15) is 11.6 Å². The Kier molecular flexibility index (Phi) is 2.33. The maximum Gasteiger partial charge on any atom is 0.295 e. The number of nitrogens with one attached hydrogen (secondary N) is 1. The number of hydrogen-bond acceptors (Lipinski definition) is 5. The summed E-state index contributed by atoms with van der Waals surface area (Å²) >= 11 is 0. The molecule has 0 fully saturated rings. The first-order chi connectivity index (χ1) is 8.67. The largest absolute Gasteiger partial charge is 0.441 e. The SMILES string of the molecule is CNc1nc(C)c(-c2ccc3nc(C)oc3c2)o1. The van der Waals surface area contributed by atoms with E-state index in [1.54, 1.807) is 7.05 Å². The number of anilines is 1. The van der Waals surface area contributed by atoms with Gasteiger partial charge in [-0.15, -0.1) is 0 Å². The Balaban J connectivity index is 2.15. The fraction of sp³-hybridized carbons (Fsp3) is 0.231. The molecule has 18 heavy (non-hydrogen) atoms. The molecular formula is C13H13N3O2. The van der Waals surface area contributed by atoms with Crippen LogP contribution in [0.25, 0.3) is 22.4 Å². The predicted molar refractivity (Wildman–Crippen MR) is 68.5 cm³/mol. The van der Waals surface area contributed by atoms with E-state index in [9.17, 15) is 0 Å². The quantitative estimate of drug-likeness (QED) is 0.749. The highest BCUT2D eigenvalue weighted by Gasteiger charge is 2.12. The minimum Gasteiger partial charge on any atom is -0.441 e. The molecular weight excluding hydrogens is 230 g/mol. The van der Waals surface area contributed by atoms with Gasteiger partial charge in [0.25, 0.3) is 6.01 Å². The molecule has 5 nitrogen and oxygen atoms in total. The van der Waals surface area contributed by atoms with Crippen LogP contribution in [0.5, 0.6) is 0 Å². The second kappa shape index (κ2) is 3.87. The van der Waals surface area contributed by atoms with Crippen molar-refractivity contribution in [1.29, 1.82) is 0 Å². The minimum atomic E-state index is 0.511. The first-order valence-corrected chi connectivity index (χ1v) is 5.70. The zero-order valence-electron chi connectivity index (χ0n) is 10.4. The summed E-state index contributed by atoms with van der Waals surface area (Å²) in [5, 5.41) is 2.89. The molecule has 0 atom stereocenters. The molecule has 3 aromatic rings. The van der Waals surface area contributed by atoms with Crippen molar-refractivity contribution in [3.63, 3.8) is 0 Å². The number of nitrogens with zero attached hydrogens (tertiary/aromatic N) is 2. The van der Waals surface area contributed by atoms with Crippen LogP contribution in [-0.4, -0.2) is 17.0 Å². The van der Waals surface area contributed by atoms with Crippen LogP contribution in [0.3, 0.4) is 0 Å². The Morgan fingerprint density at radius 3 is 2.67 bits per heavy atom. The van der Waals surface area contributed by atoms with Crippen LogP contribution >= 0.6 is 0 Å². The van der Waals surface area contributed by atoms with Gasteiger partial charge in [0.05, 0.1) is 5.69 Å². The number of benzene rings is 1. The number of oxazole rings is 2. The number of fused-ring (bicyclic) bond motifs is 1. The van der Waals surface area contributed by atoms with Gasteiger partial charge in [-0.1, -0.05) is 0 Å². The standard InChI is InChI=1S/C13H13N3O2/c1-7-12(18-13(14-3)15-7)9-4-5-10-11(6-9)17-8(2)16-10/h4-6H,1-3H3,(H,14,15). The van der Waals surface area contributed by atoms with Gasteiger partial charge in [0, 0.05) is 19.5 Å². The van der Waals surface area contributed by atoms with Crippen molar-refractivity contribution in [3.05, 3.63) is 29.8 Å². The van der Waals surface area contributed by atoms with Gasteiger partial charge in [-0.2, -0.15) is 4.98 Å². The average molecular weight is 243 g/mol. The van der Waals surface area contributed by atoms with Crippen molar-refractivity contribution in [2.45, 2.75) is 13.8 Å². The molecule has 0 amide bonds. The van der Waals surface area contributed by atoms with E-state index in [1.165, 1.54) is 0 Å². The molecule has 0 saturated carbocycles. The van der Waals surface area contributed by atoms with Crippen LogP contribution in [0.2, 0.25) is 0 Å². The molecule has 0 saturated heterocycles. The summed E-state index contributed by atoms with van der Waals surface area (Å²) in [4.78, 5) is 8.53. The molecule has 0 unspecified atom stereocenters. The number of aryl methyl sites for hydroxylation is 2. The number of aromatic nitrogens is 2. The lowest BCUT2D eigenvalue weighted by Gasteiger charge is -1.97. The topological polar surface area (TPSA) is 64.1 Å². The van der Waals surface area contributed by atoms with Gasteiger partial charge >= 0.3 is 0 Å². The van der Waals surface area contributed by atoms with Crippen LogP contribution in [-0.2, 0) is 0 Å². The zero-order valence-corrected chi connectivity index (χ0v) is 10.4. The molecule has 5 heteroatoms. The average Bonchev–Trinajstić information content (AvgIpc) is 2.89. The van der Waals surface area contributed by atoms with E-state index in [1.807, 2.05) is 32.0 Å². The summed E-state index contributed by atoms with van der Waals surface area (Å²) in [6, 6.07) is 6.30. The molecule has 0 bridgehead atoms. The van der Waals surface area contributed by atoms with E-state index in [2.05, 4.69) is 15.3 Å². The van der Waals surface area contributed by atoms with Crippen molar-refractivity contribution in [1.82, 2.24) is 9.97 Å². The molecule has 0 radical (unpaired) electrons. The first kappa shape index (κ1) is 10.8. The monoisotopic (exact) mass is 243 g/mol. The summed E-state index contributed by atoms with van der Waals surface area (Å²) in [7, 11) is 1.78. The second-order valence-corrected chi connectivity index (χ2v) is 4.10.